The molecule has 0 saturated carbocycles. The number of hydrogen-bond donors (Lipinski definition) is 0. The van der Waals surface area contributed by atoms with E-state index in [2.05, 4.69) is 22.0 Å². The molecule has 1 aliphatic heterocycles. The largest absolute Gasteiger partial charge is 0.496 e. The maximum Gasteiger partial charge on any atom is 0.123 e. The Kier molecular flexibility index (Phi) is 5.76. The predicted molar refractivity (Wildman–Crippen MR) is 118 cm³/mol. The molecule has 6 heteroatoms. The van der Waals surface area contributed by atoms with E-state index in [1.807, 2.05) is 30.3 Å². The van der Waals surface area contributed by atoms with Crippen LogP contribution >= 0.6 is 39.3 Å². The summed E-state index contributed by atoms with van der Waals surface area (Å²) in [7, 11) is 1.67. The number of thioether (sulfide) groups is 1. The molecule has 0 fully saturated rings. The molecular formula is C22H16BrClFNOS. The van der Waals surface area contributed by atoms with Gasteiger partial charge in [-0.25, -0.2) is 4.39 Å². The van der Waals surface area contributed by atoms with Gasteiger partial charge in [-0.05, 0) is 54.1 Å². The zero-order valence-electron chi connectivity index (χ0n) is 15.0. The van der Waals surface area contributed by atoms with E-state index in [0.717, 1.165) is 37.6 Å². The summed E-state index contributed by atoms with van der Waals surface area (Å²) in [6.45, 7) is 0. The van der Waals surface area contributed by atoms with Gasteiger partial charge in [-0.3, -0.25) is 4.99 Å². The lowest BCUT2D eigenvalue weighted by Crippen LogP contribution is -2.06. The minimum atomic E-state index is -0.260. The van der Waals surface area contributed by atoms with E-state index in [1.54, 1.807) is 31.0 Å². The van der Waals surface area contributed by atoms with E-state index in [0.29, 0.717) is 11.4 Å². The predicted octanol–water partition coefficient (Wildman–Crippen LogP) is 7.61. The highest BCUT2D eigenvalue weighted by atomic mass is 79.9. The Hall–Kier alpha value is -1.82. The van der Waals surface area contributed by atoms with E-state index >= 15 is 0 Å². The molecule has 0 N–H and O–H groups in total. The fraction of sp³-hybridized carbons (Fsp3) is 0.136. The zero-order valence-corrected chi connectivity index (χ0v) is 18.1. The van der Waals surface area contributed by atoms with E-state index in [4.69, 9.17) is 21.3 Å². The lowest BCUT2D eigenvalue weighted by Gasteiger charge is -2.19. The fourth-order valence-electron chi connectivity index (χ4n) is 3.19. The molecule has 0 aromatic heterocycles. The highest BCUT2D eigenvalue weighted by Gasteiger charge is 2.25. The Morgan fingerprint density at radius 1 is 1.11 bits per heavy atom. The normalized spacial score (nSPS) is 16.1. The van der Waals surface area contributed by atoms with E-state index in [9.17, 15) is 4.39 Å². The van der Waals surface area contributed by atoms with Crippen molar-refractivity contribution in [1.29, 1.82) is 0 Å². The van der Waals surface area contributed by atoms with Crippen molar-refractivity contribution < 1.29 is 9.13 Å². The Labute approximate surface area is 180 Å². The molecule has 0 bridgehead atoms. The minimum absolute atomic E-state index is 0.0657. The van der Waals surface area contributed by atoms with Crippen LogP contribution in [0.1, 0.15) is 22.8 Å². The summed E-state index contributed by atoms with van der Waals surface area (Å²) in [5.74, 6) is 0.564. The summed E-state index contributed by atoms with van der Waals surface area (Å²) in [6, 6.07) is 18.2. The van der Waals surface area contributed by atoms with E-state index in [1.165, 1.54) is 12.1 Å². The molecule has 28 heavy (non-hydrogen) atoms. The monoisotopic (exact) mass is 475 g/mol. The molecule has 0 radical (unpaired) electrons. The summed E-state index contributed by atoms with van der Waals surface area (Å²) < 4.78 is 20.0. The Morgan fingerprint density at radius 3 is 2.64 bits per heavy atom. The van der Waals surface area contributed by atoms with Crippen molar-refractivity contribution in [2.45, 2.75) is 16.6 Å². The van der Waals surface area contributed by atoms with Crippen LogP contribution < -0.4 is 4.74 Å². The van der Waals surface area contributed by atoms with Crippen molar-refractivity contribution in [2.75, 3.05) is 7.11 Å². The third-order valence-corrected chi connectivity index (χ3v) is 6.56. The van der Waals surface area contributed by atoms with Gasteiger partial charge in [-0.1, -0.05) is 39.7 Å². The van der Waals surface area contributed by atoms with Gasteiger partial charge in [0.05, 0.1) is 12.8 Å². The lowest BCUT2D eigenvalue weighted by atomic mass is 10.0. The number of methoxy groups -OCH3 is 1. The number of ether oxygens (including phenoxy) is 1. The van der Waals surface area contributed by atoms with Gasteiger partial charge in [0.25, 0.3) is 0 Å². The van der Waals surface area contributed by atoms with Gasteiger partial charge in [-0.2, -0.15) is 0 Å². The van der Waals surface area contributed by atoms with Crippen molar-refractivity contribution in [3.05, 3.63) is 87.1 Å². The Bertz CT molecular complexity index is 1050. The quantitative estimate of drug-likeness (QED) is 0.388. The standard InChI is InChI=1S/C22H16BrClFNOS/c1-27-20-9-4-14(23)10-17(20)21-12-19(13-2-6-16(25)7-3-13)26-18-8-5-15(24)11-22(18)28-21/h2-11,21H,12H2,1H3. The van der Waals surface area contributed by atoms with Crippen molar-refractivity contribution in [3.8, 4) is 5.75 Å². The molecule has 1 aliphatic rings. The number of aliphatic imine (C=N–C) groups is 1. The third kappa shape index (κ3) is 4.12. The minimum Gasteiger partial charge on any atom is -0.496 e. The van der Waals surface area contributed by atoms with Crippen LogP contribution in [-0.4, -0.2) is 12.8 Å². The maximum absolute atomic E-state index is 13.4. The van der Waals surface area contributed by atoms with Crippen molar-refractivity contribution in [1.82, 2.24) is 0 Å². The molecule has 1 heterocycles. The maximum atomic E-state index is 13.4. The van der Waals surface area contributed by atoms with Gasteiger partial charge >= 0.3 is 0 Å². The summed E-state index contributed by atoms with van der Waals surface area (Å²) in [5, 5.41) is 0.739. The number of fused-ring (bicyclic) bond motifs is 1. The first-order valence-corrected chi connectivity index (χ1v) is 10.7. The number of rotatable bonds is 3. The van der Waals surface area contributed by atoms with Crippen molar-refractivity contribution in [3.63, 3.8) is 0 Å². The molecule has 3 aromatic carbocycles. The first-order valence-electron chi connectivity index (χ1n) is 8.66. The topological polar surface area (TPSA) is 21.6 Å². The highest BCUT2D eigenvalue weighted by Crippen LogP contribution is 2.48. The molecule has 0 spiro atoms. The zero-order chi connectivity index (χ0) is 19.7. The van der Waals surface area contributed by atoms with Crippen molar-refractivity contribution >= 4 is 50.7 Å². The number of halogens is 3. The molecule has 2 nitrogen and oxygen atoms in total. The molecule has 1 unspecified atom stereocenters. The SMILES string of the molecule is COc1ccc(Br)cc1C1CC(c2ccc(F)cc2)=Nc2ccc(Cl)cc2S1. The first-order chi connectivity index (χ1) is 13.5. The van der Waals surface area contributed by atoms with Crippen LogP contribution in [0, 0.1) is 5.82 Å². The number of hydrogen-bond acceptors (Lipinski definition) is 3. The number of nitrogens with zero attached hydrogens (tertiary/aromatic N) is 1. The third-order valence-electron chi connectivity index (χ3n) is 4.54. The Balaban J connectivity index is 1.85. The van der Waals surface area contributed by atoms with Gasteiger partial charge in [0.2, 0.25) is 0 Å². The molecule has 0 amide bonds. The molecule has 0 saturated heterocycles. The second-order valence-electron chi connectivity index (χ2n) is 6.37. The Morgan fingerprint density at radius 2 is 1.89 bits per heavy atom. The van der Waals surface area contributed by atoms with Crippen LogP contribution in [0.2, 0.25) is 5.02 Å². The van der Waals surface area contributed by atoms with Gasteiger partial charge in [0.15, 0.2) is 0 Å². The molecule has 1 atom stereocenters. The molecular weight excluding hydrogens is 461 g/mol. The van der Waals surface area contributed by atoms with Gasteiger partial charge in [-0.15, -0.1) is 11.8 Å². The smallest absolute Gasteiger partial charge is 0.123 e. The summed E-state index contributed by atoms with van der Waals surface area (Å²) in [4.78, 5) is 5.91. The van der Waals surface area contributed by atoms with Crippen LogP contribution in [0.4, 0.5) is 10.1 Å². The highest BCUT2D eigenvalue weighted by molar-refractivity contribution is 9.10. The first kappa shape index (κ1) is 19.5. The summed E-state index contributed by atoms with van der Waals surface area (Å²) in [6.07, 6.45) is 0.676. The van der Waals surface area contributed by atoms with Gasteiger partial charge in [0.1, 0.15) is 11.6 Å². The van der Waals surface area contributed by atoms with Crippen molar-refractivity contribution in [2.24, 2.45) is 4.99 Å². The van der Waals surface area contributed by atoms with Crippen LogP contribution in [0.5, 0.6) is 5.75 Å². The number of benzene rings is 3. The van der Waals surface area contributed by atoms with Crippen LogP contribution in [-0.2, 0) is 0 Å². The van der Waals surface area contributed by atoms with Crippen LogP contribution in [0.3, 0.4) is 0 Å². The van der Waals surface area contributed by atoms with E-state index in [-0.39, 0.29) is 11.1 Å². The summed E-state index contributed by atoms with van der Waals surface area (Å²) in [5.41, 5.74) is 3.75. The lowest BCUT2D eigenvalue weighted by molar-refractivity contribution is 0.409. The average molecular weight is 477 g/mol. The molecule has 0 aliphatic carbocycles. The second kappa shape index (κ2) is 8.27. The van der Waals surface area contributed by atoms with E-state index < -0.39 is 0 Å². The van der Waals surface area contributed by atoms with Crippen LogP contribution in [0.15, 0.2) is 75.0 Å². The average Bonchev–Trinajstić information content (AvgIpc) is 2.87. The van der Waals surface area contributed by atoms with Gasteiger partial charge < -0.3 is 4.74 Å². The molecule has 142 valence electrons. The fourth-order valence-corrected chi connectivity index (χ4v) is 5.10. The molecule has 4 rings (SSSR count). The molecule has 3 aromatic rings. The van der Waals surface area contributed by atoms with Crippen LogP contribution in [0.25, 0.3) is 0 Å². The second-order valence-corrected chi connectivity index (χ2v) is 8.97. The van der Waals surface area contributed by atoms with Gasteiger partial charge in [0, 0.05) is 37.3 Å². The summed E-state index contributed by atoms with van der Waals surface area (Å²) >= 11 is 11.5.